The number of anilines is 2. The Labute approximate surface area is 190 Å². The van der Waals surface area contributed by atoms with E-state index in [-0.39, 0.29) is 22.7 Å². The molecule has 0 aromatic heterocycles. The zero-order valence-electron chi connectivity index (χ0n) is 17.9. The molecular formula is C23H22FN3O5S. The van der Waals surface area contributed by atoms with Gasteiger partial charge in [-0.3, -0.25) is 14.3 Å². The third-order valence-corrected chi connectivity index (χ3v) is 6.04. The average molecular weight is 472 g/mol. The van der Waals surface area contributed by atoms with Crippen molar-refractivity contribution >= 4 is 33.2 Å². The number of carbonyl (C=O) groups excluding carboxylic acids is 2. The highest BCUT2D eigenvalue weighted by atomic mass is 32.2. The highest BCUT2D eigenvalue weighted by Gasteiger charge is 2.15. The largest absolute Gasteiger partial charge is 0.497 e. The molecule has 0 saturated heterocycles. The fourth-order valence-electron chi connectivity index (χ4n) is 2.88. The number of ether oxygens (including phenoxy) is 1. The first kappa shape index (κ1) is 23.7. The number of hydrogen-bond acceptors (Lipinski definition) is 5. The summed E-state index contributed by atoms with van der Waals surface area (Å²) in [5.74, 6) is -0.855. The van der Waals surface area contributed by atoms with Crippen LogP contribution in [0, 0.1) is 12.7 Å². The van der Waals surface area contributed by atoms with Crippen LogP contribution in [0.4, 0.5) is 15.8 Å². The van der Waals surface area contributed by atoms with Crippen LogP contribution in [-0.4, -0.2) is 33.9 Å². The molecule has 0 aliphatic heterocycles. The third-order valence-electron chi connectivity index (χ3n) is 4.64. The molecule has 8 nitrogen and oxygen atoms in total. The molecule has 0 radical (unpaired) electrons. The minimum atomic E-state index is -3.81. The maximum Gasteiger partial charge on any atom is 0.261 e. The van der Waals surface area contributed by atoms with Crippen LogP contribution in [-0.2, 0) is 14.8 Å². The van der Waals surface area contributed by atoms with E-state index in [2.05, 4.69) is 15.4 Å². The number of sulfonamides is 1. The monoisotopic (exact) mass is 471 g/mol. The third kappa shape index (κ3) is 6.30. The summed E-state index contributed by atoms with van der Waals surface area (Å²) in [6, 6.07) is 15.6. The molecule has 0 unspecified atom stereocenters. The molecule has 10 heteroatoms. The van der Waals surface area contributed by atoms with E-state index in [1.54, 1.807) is 6.92 Å². The van der Waals surface area contributed by atoms with Gasteiger partial charge in [0.25, 0.3) is 15.9 Å². The fraction of sp³-hybridized carbons (Fsp3) is 0.130. The average Bonchev–Trinajstić information content (AvgIpc) is 2.79. The van der Waals surface area contributed by atoms with Crippen molar-refractivity contribution in [1.82, 2.24) is 5.32 Å². The first-order chi connectivity index (χ1) is 15.7. The summed E-state index contributed by atoms with van der Waals surface area (Å²) in [6.45, 7) is 1.36. The molecular weight excluding hydrogens is 449 g/mol. The number of amides is 2. The second-order valence-corrected chi connectivity index (χ2v) is 8.73. The quantitative estimate of drug-likeness (QED) is 0.467. The second-order valence-electron chi connectivity index (χ2n) is 7.05. The number of rotatable bonds is 8. The Morgan fingerprint density at radius 1 is 0.970 bits per heavy atom. The number of hydrogen-bond donors (Lipinski definition) is 3. The van der Waals surface area contributed by atoms with Crippen molar-refractivity contribution in [2.45, 2.75) is 11.8 Å². The summed E-state index contributed by atoms with van der Waals surface area (Å²) in [6.07, 6.45) is 0. The molecule has 172 valence electrons. The van der Waals surface area contributed by atoms with E-state index in [1.807, 2.05) is 0 Å². The molecule has 3 aromatic carbocycles. The SMILES string of the molecule is COc1ccc(S(=O)(=O)Nc2ccc(C(=O)NCC(=O)Nc3ccc(F)cc3C)cc2)cc1. The van der Waals surface area contributed by atoms with E-state index >= 15 is 0 Å². The van der Waals surface area contributed by atoms with Crippen LogP contribution >= 0.6 is 0 Å². The van der Waals surface area contributed by atoms with Gasteiger partial charge in [-0.15, -0.1) is 0 Å². The van der Waals surface area contributed by atoms with E-state index in [0.717, 1.165) is 0 Å². The van der Waals surface area contributed by atoms with Crippen LogP contribution in [0.2, 0.25) is 0 Å². The van der Waals surface area contributed by atoms with Gasteiger partial charge in [0.05, 0.1) is 18.6 Å². The van der Waals surface area contributed by atoms with Crippen molar-refractivity contribution in [1.29, 1.82) is 0 Å². The number of halogens is 1. The van der Waals surface area contributed by atoms with Crippen molar-refractivity contribution in [2.75, 3.05) is 23.7 Å². The highest BCUT2D eigenvalue weighted by Crippen LogP contribution is 2.19. The summed E-state index contributed by atoms with van der Waals surface area (Å²) in [5, 5.41) is 5.08. The molecule has 0 bridgehead atoms. The minimum Gasteiger partial charge on any atom is -0.497 e. The van der Waals surface area contributed by atoms with Crippen LogP contribution in [0.1, 0.15) is 15.9 Å². The van der Waals surface area contributed by atoms with Crippen molar-refractivity contribution in [3.05, 3.63) is 83.7 Å². The van der Waals surface area contributed by atoms with Gasteiger partial charge in [0, 0.05) is 16.9 Å². The van der Waals surface area contributed by atoms with Crippen molar-refractivity contribution in [2.24, 2.45) is 0 Å². The molecule has 33 heavy (non-hydrogen) atoms. The predicted octanol–water partition coefficient (Wildman–Crippen LogP) is 3.31. The van der Waals surface area contributed by atoms with E-state index in [0.29, 0.717) is 17.0 Å². The van der Waals surface area contributed by atoms with Gasteiger partial charge in [-0.25, -0.2) is 12.8 Å². The molecule has 2 amide bonds. The van der Waals surface area contributed by atoms with Crippen molar-refractivity contribution in [3.8, 4) is 5.75 Å². The normalized spacial score (nSPS) is 10.9. The Morgan fingerprint density at radius 2 is 1.64 bits per heavy atom. The standard InChI is InChI=1S/C23H22FN3O5S/c1-15-13-17(24)5-12-21(15)26-22(28)14-25-23(29)16-3-6-18(7-4-16)27-33(30,31)20-10-8-19(32-2)9-11-20/h3-13,27H,14H2,1-2H3,(H,25,29)(H,26,28). The van der Waals surface area contributed by atoms with E-state index in [1.165, 1.54) is 73.8 Å². The topological polar surface area (TPSA) is 114 Å². The fourth-order valence-corrected chi connectivity index (χ4v) is 3.94. The van der Waals surface area contributed by atoms with Crippen LogP contribution in [0.5, 0.6) is 5.75 Å². The molecule has 0 saturated carbocycles. The lowest BCUT2D eigenvalue weighted by Gasteiger charge is -2.11. The molecule has 0 fully saturated rings. The van der Waals surface area contributed by atoms with Gasteiger partial charge in [-0.2, -0.15) is 0 Å². The minimum absolute atomic E-state index is 0.0625. The number of aryl methyl sites for hydroxylation is 1. The van der Waals surface area contributed by atoms with Crippen LogP contribution in [0.3, 0.4) is 0 Å². The molecule has 0 atom stereocenters. The van der Waals surface area contributed by atoms with E-state index in [9.17, 15) is 22.4 Å². The van der Waals surface area contributed by atoms with Gasteiger partial charge in [0.1, 0.15) is 11.6 Å². The Hall–Kier alpha value is -3.92. The van der Waals surface area contributed by atoms with Crippen molar-refractivity contribution < 1.29 is 27.1 Å². The van der Waals surface area contributed by atoms with E-state index < -0.39 is 27.7 Å². The summed E-state index contributed by atoms with van der Waals surface area (Å²) >= 11 is 0. The molecule has 3 rings (SSSR count). The van der Waals surface area contributed by atoms with Gasteiger partial charge in [0.15, 0.2) is 0 Å². The maximum atomic E-state index is 13.1. The number of carbonyl (C=O) groups is 2. The smallest absolute Gasteiger partial charge is 0.261 e. The predicted molar refractivity (Wildman–Crippen MR) is 122 cm³/mol. The molecule has 0 aliphatic rings. The van der Waals surface area contributed by atoms with Crippen molar-refractivity contribution in [3.63, 3.8) is 0 Å². The lowest BCUT2D eigenvalue weighted by molar-refractivity contribution is -0.115. The van der Waals surface area contributed by atoms with E-state index in [4.69, 9.17) is 4.74 Å². The molecule has 0 heterocycles. The zero-order chi connectivity index (χ0) is 24.0. The Balaban J connectivity index is 1.56. The molecule has 3 N–H and O–H groups in total. The molecule has 0 spiro atoms. The number of benzene rings is 3. The Kier molecular flexibility index (Phi) is 7.29. The van der Waals surface area contributed by atoms with Gasteiger partial charge in [-0.05, 0) is 79.2 Å². The number of methoxy groups -OCH3 is 1. The first-order valence-electron chi connectivity index (χ1n) is 9.79. The van der Waals surface area contributed by atoms with Gasteiger partial charge in [0.2, 0.25) is 5.91 Å². The van der Waals surface area contributed by atoms with Crippen LogP contribution in [0.15, 0.2) is 71.6 Å². The van der Waals surface area contributed by atoms with Gasteiger partial charge < -0.3 is 15.4 Å². The highest BCUT2D eigenvalue weighted by molar-refractivity contribution is 7.92. The maximum absolute atomic E-state index is 13.1. The number of nitrogens with one attached hydrogen (secondary N) is 3. The van der Waals surface area contributed by atoms with Gasteiger partial charge >= 0.3 is 0 Å². The zero-order valence-corrected chi connectivity index (χ0v) is 18.7. The summed E-state index contributed by atoms with van der Waals surface area (Å²) in [7, 11) is -2.33. The lowest BCUT2D eigenvalue weighted by atomic mass is 10.2. The van der Waals surface area contributed by atoms with Crippen LogP contribution < -0.4 is 20.1 Å². The first-order valence-corrected chi connectivity index (χ1v) is 11.3. The molecule has 0 aliphatic carbocycles. The Morgan fingerprint density at radius 3 is 2.24 bits per heavy atom. The van der Waals surface area contributed by atoms with Crippen LogP contribution in [0.25, 0.3) is 0 Å². The second kappa shape index (κ2) is 10.1. The summed E-state index contributed by atoms with van der Waals surface area (Å²) in [4.78, 5) is 24.4. The van der Waals surface area contributed by atoms with Gasteiger partial charge in [-0.1, -0.05) is 0 Å². The molecule has 3 aromatic rings. The lowest BCUT2D eigenvalue weighted by Crippen LogP contribution is -2.33. The summed E-state index contributed by atoms with van der Waals surface area (Å²) < 4.78 is 45.6. The Bertz CT molecular complexity index is 1260. The summed E-state index contributed by atoms with van der Waals surface area (Å²) in [5.41, 5.74) is 1.52.